The molecule has 0 fully saturated rings. The molecule has 0 aliphatic carbocycles. The van der Waals surface area contributed by atoms with Gasteiger partial charge < -0.3 is 36.4 Å². The second kappa shape index (κ2) is 13.5. The van der Waals surface area contributed by atoms with Crippen LogP contribution in [0.15, 0.2) is 48.6 Å². The third-order valence-electron chi connectivity index (χ3n) is 4.94. The summed E-state index contributed by atoms with van der Waals surface area (Å²) in [5.74, 6) is -1.52. The third-order valence-corrected chi connectivity index (χ3v) is 4.94. The molecule has 0 unspecified atom stereocenters. The molecule has 0 aliphatic rings. The molecule has 9 nitrogen and oxygen atoms in total. The van der Waals surface area contributed by atoms with Crippen molar-refractivity contribution < 1.29 is 30.0 Å². The summed E-state index contributed by atoms with van der Waals surface area (Å²) >= 11 is 0. The number of hydrogen-bond acceptors (Lipinski definition) is 7. The van der Waals surface area contributed by atoms with Crippen molar-refractivity contribution >= 4 is 24.0 Å². The average molecular weight is 470 g/mol. The fourth-order valence-corrected chi connectivity index (χ4v) is 3.05. The van der Waals surface area contributed by atoms with Crippen LogP contribution in [0.3, 0.4) is 0 Å². The van der Waals surface area contributed by atoms with Crippen molar-refractivity contribution in [2.75, 3.05) is 26.2 Å². The molecule has 0 heterocycles. The molecular weight excluding hydrogens is 438 g/mol. The maximum atomic E-state index is 12.7. The van der Waals surface area contributed by atoms with Crippen LogP contribution in [0.5, 0.6) is 23.0 Å². The highest BCUT2D eigenvalue weighted by atomic mass is 16.3. The molecule has 0 saturated carbocycles. The lowest BCUT2D eigenvalue weighted by molar-refractivity contribution is -0.126. The number of phenolic OH excluding ortho intramolecular Hbond substituents is 4. The Labute approximate surface area is 198 Å². The quantitative estimate of drug-likeness (QED) is 0.158. The number of nitrogens with zero attached hydrogens (tertiary/aromatic N) is 1. The van der Waals surface area contributed by atoms with Crippen molar-refractivity contribution in [2.45, 2.75) is 19.3 Å². The van der Waals surface area contributed by atoms with Gasteiger partial charge in [-0.1, -0.05) is 12.1 Å². The SMILES string of the molecule is NCCCCN(CCCNC(=O)/C=C/c1ccc(O)c(O)c1)C(=O)/C=C/c1ccc(O)c(O)c1. The first-order valence-electron chi connectivity index (χ1n) is 11.0. The molecule has 34 heavy (non-hydrogen) atoms. The normalized spacial score (nSPS) is 11.2. The molecule has 2 aromatic rings. The minimum absolute atomic E-state index is 0.206. The van der Waals surface area contributed by atoms with E-state index in [9.17, 15) is 30.0 Å². The molecule has 0 atom stereocenters. The van der Waals surface area contributed by atoms with Gasteiger partial charge in [0.1, 0.15) is 0 Å². The smallest absolute Gasteiger partial charge is 0.246 e. The van der Waals surface area contributed by atoms with Gasteiger partial charge in [-0.05, 0) is 73.4 Å². The van der Waals surface area contributed by atoms with Crippen molar-refractivity contribution in [1.82, 2.24) is 10.2 Å². The largest absolute Gasteiger partial charge is 0.504 e. The molecular formula is C25H31N3O6. The van der Waals surface area contributed by atoms with Crippen LogP contribution in [0.4, 0.5) is 0 Å². The lowest BCUT2D eigenvalue weighted by atomic mass is 10.2. The Kier molecular flexibility index (Phi) is 10.5. The van der Waals surface area contributed by atoms with Crippen LogP contribution in [-0.4, -0.2) is 63.3 Å². The molecule has 2 rings (SSSR count). The fourth-order valence-electron chi connectivity index (χ4n) is 3.05. The summed E-state index contributed by atoms with van der Waals surface area (Å²) in [4.78, 5) is 26.3. The molecule has 0 radical (unpaired) electrons. The number of unbranched alkanes of at least 4 members (excludes halogenated alkanes) is 1. The third kappa shape index (κ3) is 8.87. The number of phenols is 4. The lowest BCUT2D eigenvalue weighted by Crippen LogP contribution is -2.34. The molecule has 0 saturated heterocycles. The van der Waals surface area contributed by atoms with Gasteiger partial charge in [-0.15, -0.1) is 0 Å². The topological polar surface area (TPSA) is 156 Å². The predicted octanol–water partition coefficient (Wildman–Crippen LogP) is 2.31. The van der Waals surface area contributed by atoms with Crippen molar-refractivity contribution in [2.24, 2.45) is 5.73 Å². The van der Waals surface area contributed by atoms with E-state index in [-0.39, 0.29) is 34.8 Å². The van der Waals surface area contributed by atoms with Crippen LogP contribution in [0.1, 0.15) is 30.4 Å². The maximum absolute atomic E-state index is 12.7. The number of benzene rings is 2. The predicted molar refractivity (Wildman–Crippen MR) is 130 cm³/mol. The zero-order valence-electron chi connectivity index (χ0n) is 18.9. The van der Waals surface area contributed by atoms with Crippen LogP contribution >= 0.6 is 0 Å². The Bertz CT molecular complexity index is 1040. The Balaban J connectivity index is 1.85. The van der Waals surface area contributed by atoms with Gasteiger partial charge in [-0.25, -0.2) is 0 Å². The Morgan fingerprint density at radius 3 is 1.91 bits per heavy atom. The number of nitrogens with two attached hydrogens (primary N) is 1. The highest BCUT2D eigenvalue weighted by Gasteiger charge is 2.10. The molecule has 9 heteroatoms. The Morgan fingerprint density at radius 2 is 1.35 bits per heavy atom. The van der Waals surface area contributed by atoms with E-state index < -0.39 is 0 Å². The van der Waals surface area contributed by atoms with Gasteiger partial charge in [0.05, 0.1) is 0 Å². The number of carbonyl (C=O) groups is 2. The van der Waals surface area contributed by atoms with Crippen molar-refractivity contribution in [3.8, 4) is 23.0 Å². The van der Waals surface area contributed by atoms with Gasteiger partial charge in [-0.3, -0.25) is 9.59 Å². The molecule has 2 amide bonds. The summed E-state index contributed by atoms with van der Waals surface area (Å²) in [5, 5.41) is 40.5. The second-order valence-corrected chi connectivity index (χ2v) is 7.63. The molecule has 0 aliphatic heterocycles. The summed E-state index contributed by atoms with van der Waals surface area (Å²) in [6.07, 6.45) is 7.89. The number of amides is 2. The van der Waals surface area contributed by atoms with E-state index >= 15 is 0 Å². The number of rotatable bonds is 12. The maximum Gasteiger partial charge on any atom is 0.246 e. The van der Waals surface area contributed by atoms with E-state index in [2.05, 4.69) is 5.32 Å². The van der Waals surface area contributed by atoms with Crippen molar-refractivity contribution in [1.29, 1.82) is 0 Å². The van der Waals surface area contributed by atoms with E-state index in [1.807, 2.05) is 0 Å². The van der Waals surface area contributed by atoms with Gasteiger partial charge in [0.25, 0.3) is 0 Å². The highest BCUT2D eigenvalue weighted by Crippen LogP contribution is 2.26. The zero-order chi connectivity index (χ0) is 24.9. The standard InChI is InChI=1S/C25H31N3O6/c26-12-1-2-14-28(25(34)11-7-19-5-9-21(30)23(32)17-19)15-3-13-27-24(33)10-6-18-4-8-20(29)22(31)16-18/h4-11,16-17,29-32H,1-3,12-15,26H2,(H,27,33)/b10-6+,11-7+. The van der Waals surface area contributed by atoms with E-state index in [0.717, 1.165) is 12.8 Å². The van der Waals surface area contributed by atoms with E-state index in [4.69, 9.17) is 5.73 Å². The van der Waals surface area contributed by atoms with Gasteiger partial charge >= 0.3 is 0 Å². The van der Waals surface area contributed by atoms with E-state index in [1.54, 1.807) is 23.1 Å². The zero-order valence-corrected chi connectivity index (χ0v) is 18.9. The van der Waals surface area contributed by atoms with Crippen LogP contribution in [0, 0.1) is 0 Å². The molecule has 0 bridgehead atoms. The summed E-state index contributed by atoms with van der Waals surface area (Å²) in [7, 11) is 0. The first-order valence-corrected chi connectivity index (χ1v) is 11.0. The average Bonchev–Trinajstić information content (AvgIpc) is 2.82. The number of nitrogens with one attached hydrogen (secondary N) is 1. The molecule has 0 aromatic heterocycles. The summed E-state index contributed by atoms with van der Waals surface area (Å²) in [6, 6.07) is 8.54. The van der Waals surface area contributed by atoms with Gasteiger partial charge in [0, 0.05) is 31.8 Å². The van der Waals surface area contributed by atoms with Gasteiger partial charge in [-0.2, -0.15) is 0 Å². The molecule has 0 spiro atoms. The van der Waals surface area contributed by atoms with Crippen LogP contribution in [0.25, 0.3) is 12.2 Å². The highest BCUT2D eigenvalue weighted by molar-refractivity contribution is 5.92. The lowest BCUT2D eigenvalue weighted by Gasteiger charge is -2.21. The number of aromatic hydroxyl groups is 4. The van der Waals surface area contributed by atoms with E-state index in [0.29, 0.717) is 43.7 Å². The van der Waals surface area contributed by atoms with Gasteiger partial charge in [0.15, 0.2) is 23.0 Å². The van der Waals surface area contributed by atoms with Crippen molar-refractivity contribution in [3.05, 3.63) is 59.7 Å². The first kappa shape index (κ1) is 26.3. The Morgan fingerprint density at radius 1 is 0.794 bits per heavy atom. The summed E-state index contributed by atoms with van der Waals surface area (Å²) < 4.78 is 0. The molecule has 2 aromatic carbocycles. The summed E-state index contributed by atoms with van der Waals surface area (Å²) in [5.41, 5.74) is 6.69. The number of carbonyl (C=O) groups excluding carboxylic acids is 2. The van der Waals surface area contributed by atoms with Crippen LogP contribution < -0.4 is 11.1 Å². The minimum Gasteiger partial charge on any atom is -0.504 e. The first-order chi connectivity index (χ1) is 16.3. The Hall–Kier alpha value is -3.98. The number of hydrogen-bond donors (Lipinski definition) is 6. The monoisotopic (exact) mass is 469 g/mol. The van der Waals surface area contributed by atoms with Crippen LogP contribution in [0.2, 0.25) is 0 Å². The van der Waals surface area contributed by atoms with Crippen LogP contribution in [-0.2, 0) is 9.59 Å². The minimum atomic E-state index is -0.319. The summed E-state index contributed by atoms with van der Waals surface area (Å²) in [6.45, 7) is 1.86. The molecule has 7 N–H and O–H groups in total. The van der Waals surface area contributed by atoms with Gasteiger partial charge in [0.2, 0.25) is 11.8 Å². The van der Waals surface area contributed by atoms with Crippen molar-refractivity contribution in [3.63, 3.8) is 0 Å². The molecule has 182 valence electrons. The second-order valence-electron chi connectivity index (χ2n) is 7.63. The fraction of sp³-hybridized carbons (Fsp3) is 0.280. The van der Waals surface area contributed by atoms with E-state index in [1.165, 1.54) is 42.5 Å².